The lowest BCUT2D eigenvalue weighted by atomic mass is 10.1. The molecule has 4 heteroatoms. The van der Waals surface area contributed by atoms with Crippen molar-refractivity contribution in [2.24, 2.45) is 0 Å². The lowest BCUT2D eigenvalue weighted by Crippen LogP contribution is -2.03. The molecule has 0 saturated carbocycles. The van der Waals surface area contributed by atoms with Crippen molar-refractivity contribution in [1.29, 1.82) is 5.26 Å². The maximum absolute atomic E-state index is 11.4. The zero-order chi connectivity index (χ0) is 11.7. The molecule has 0 amide bonds. The third-order valence-corrected chi connectivity index (χ3v) is 2.50. The van der Waals surface area contributed by atoms with Crippen molar-refractivity contribution in [2.75, 3.05) is 0 Å². The number of nitriles is 1. The lowest BCUT2D eigenvalue weighted by molar-refractivity contribution is 0.0941. The van der Waals surface area contributed by atoms with Crippen LogP contribution in [-0.4, -0.2) is 15.6 Å². The first-order chi connectivity index (χ1) is 7.65. The fourth-order valence-corrected chi connectivity index (χ4v) is 1.75. The molecule has 0 aliphatic rings. The van der Waals surface area contributed by atoms with Crippen LogP contribution in [0.4, 0.5) is 0 Å². The first-order valence-electron chi connectivity index (χ1n) is 4.83. The van der Waals surface area contributed by atoms with Crippen molar-refractivity contribution in [3.8, 4) is 6.07 Å². The summed E-state index contributed by atoms with van der Waals surface area (Å²) in [6.45, 7) is 1.44. The number of para-hydroxylation sites is 1. The van der Waals surface area contributed by atoms with Gasteiger partial charge in [0.05, 0.1) is 11.6 Å². The predicted molar refractivity (Wildman–Crippen MR) is 58.8 cm³/mol. The Morgan fingerprint density at radius 1 is 1.50 bits per heavy atom. The highest BCUT2D eigenvalue weighted by molar-refractivity contribution is 5.93. The average Bonchev–Trinajstić information content (AvgIpc) is 2.67. The van der Waals surface area contributed by atoms with E-state index in [2.05, 4.69) is 0 Å². The third kappa shape index (κ3) is 1.47. The van der Waals surface area contributed by atoms with Crippen molar-refractivity contribution < 1.29 is 9.90 Å². The molecule has 2 rings (SSSR count). The van der Waals surface area contributed by atoms with Gasteiger partial charge in [0, 0.05) is 24.1 Å². The topological polar surface area (TPSA) is 66.0 Å². The summed E-state index contributed by atoms with van der Waals surface area (Å²) in [6, 6.07) is 8.94. The summed E-state index contributed by atoms with van der Waals surface area (Å²) in [5.41, 5.74) is 1.17. The highest BCUT2D eigenvalue weighted by Gasteiger charge is 2.15. The van der Waals surface area contributed by atoms with E-state index in [1.807, 2.05) is 6.07 Å². The van der Waals surface area contributed by atoms with E-state index in [4.69, 9.17) is 5.26 Å². The van der Waals surface area contributed by atoms with Gasteiger partial charge in [-0.25, -0.2) is 0 Å². The zero-order valence-electron chi connectivity index (χ0n) is 8.71. The molecule has 1 unspecified atom stereocenters. The van der Waals surface area contributed by atoms with Crippen molar-refractivity contribution in [2.45, 2.75) is 13.0 Å². The highest BCUT2D eigenvalue weighted by Crippen LogP contribution is 2.26. The number of hydrogen-bond donors (Lipinski definition) is 1. The summed E-state index contributed by atoms with van der Waals surface area (Å²) in [7, 11) is 0. The van der Waals surface area contributed by atoms with Crippen molar-refractivity contribution >= 4 is 16.8 Å². The van der Waals surface area contributed by atoms with Gasteiger partial charge in [-0.1, -0.05) is 18.2 Å². The van der Waals surface area contributed by atoms with Crippen LogP contribution < -0.4 is 0 Å². The molecule has 0 aliphatic heterocycles. The molecule has 1 N–H and O–H groups in total. The fraction of sp³-hybridized carbons (Fsp3) is 0.167. The number of fused-ring (bicyclic) bond motifs is 1. The van der Waals surface area contributed by atoms with E-state index in [1.165, 1.54) is 17.7 Å². The largest absolute Gasteiger partial charge is 0.374 e. The number of rotatable bonds is 1. The van der Waals surface area contributed by atoms with Gasteiger partial charge in [-0.3, -0.25) is 9.36 Å². The number of aliphatic hydroxyl groups excluding tert-OH is 1. The van der Waals surface area contributed by atoms with Crippen LogP contribution >= 0.6 is 0 Å². The Labute approximate surface area is 92.3 Å². The predicted octanol–water partition coefficient (Wildman–Crippen LogP) is 1.86. The first-order valence-corrected chi connectivity index (χ1v) is 4.83. The normalized spacial score (nSPS) is 12.3. The summed E-state index contributed by atoms with van der Waals surface area (Å²) in [6.07, 6.45) is 0.312. The molecule has 1 atom stereocenters. The van der Waals surface area contributed by atoms with E-state index < -0.39 is 6.10 Å². The first kappa shape index (κ1) is 10.4. The Kier molecular flexibility index (Phi) is 2.47. The molecular formula is C12H10N2O2. The molecule has 0 saturated heterocycles. The Balaban J connectivity index is 2.78. The number of nitrogens with zero attached hydrogens (tertiary/aromatic N) is 2. The molecule has 16 heavy (non-hydrogen) atoms. The van der Waals surface area contributed by atoms with Gasteiger partial charge >= 0.3 is 0 Å². The lowest BCUT2D eigenvalue weighted by Gasteiger charge is -1.97. The van der Waals surface area contributed by atoms with Crippen LogP contribution in [0.3, 0.4) is 0 Å². The van der Waals surface area contributed by atoms with E-state index in [0.29, 0.717) is 11.1 Å². The number of aromatic nitrogens is 1. The maximum atomic E-state index is 11.4. The van der Waals surface area contributed by atoms with Crippen LogP contribution in [0.5, 0.6) is 0 Å². The molecule has 1 heterocycles. The third-order valence-electron chi connectivity index (χ3n) is 2.50. The summed E-state index contributed by atoms with van der Waals surface area (Å²) >= 11 is 0. The van der Waals surface area contributed by atoms with Crippen molar-refractivity contribution in [3.05, 3.63) is 36.0 Å². The van der Waals surface area contributed by atoms with E-state index in [0.717, 1.165) is 5.39 Å². The molecule has 1 aromatic carbocycles. The molecule has 0 radical (unpaired) electrons. The van der Waals surface area contributed by atoms with Gasteiger partial charge in [-0.15, -0.1) is 0 Å². The maximum Gasteiger partial charge on any atom is 0.227 e. The standard InChI is InChI=1S/C12H10N2O2/c1-8(15)14-7-10(12(16)6-13)9-4-2-3-5-11(9)14/h2-5,7,12,16H,1H3. The minimum Gasteiger partial charge on any atom is -0.374 e. The zero-order valence-corrected chi connectivity index (χ0v) is 8.71. The average molecular weight is 214 g/mol. The second-order valence-electron chi connectivity index (χ2n) is 3.52. The van der Waals surface area contributed by atoms with Crippen LogP contribution in [0, 0.1) is 11.3 Å². The van der Waals surface area contributed by atoms with E-state index >= 15 is 0 Å². The molecule has 0 bridgehead atoms. The number of carbonyl (C=O) groups excluding carboxylic acids is 1. The summed E-state index contributed by atoms with van der Waals surface area (Å²) in [4.78, 5) is 11.4. The number of aliphatic hydroxyl groups is 1. The van der Waals surface area contributed by atoms with Gasteiger partial charge in [0.2, 0.25) is 5.91 Å². The Bertz CT molecular complexity index is 593. The molecule has 0 spiro atoms. The molecular weight excluding hydrogens is 204 g/mol. The van der Waals surface area contributed by atoms with Gasteiger partial charge in [0.1, 0.15) is 0 Å². The molecule has 80 valence electrons. The smallest absolute Gasteiger partial charge is 0.227 e. The Hall–Kier alpha value is -2.12. The summed E-state index contributed by atoms with van der Waals surface area (Å²) in [5, 5.41) is 19.0. The minimum absolute atomic E-state index is 0.146. The van der Waals surface area contributed by atoms with E-state index in [9.17, 15) is 9.90 Å². The molecule has 4 nitrogen and oxygen atoms in total. The quantitative estimate of drug-likeness (QED) is 0.737. The minimum atomic E-state index is -1.20. The van der Waals surface area contributed by atoms with Crippen LogP contribution in [-0.2, 0) is 0 Å². The monoisotopic (exact) mass is 214 g/mol. The second kappa shape index (κ2) is 3.80. The van der Waals surface area contributed by atoms with Crippen LogP contribution in [0.25, 0.3) is 10.9 Å². The molecule has 2 aromatic rings. The summed E-state index contributed by atoms with van der Waals surface area (Å²) < 4.78 is 1.44. The van der Waals surface area contributed by atoms with Crippen LogP contribution in [0.15, 0.2) is 30.5 Å². The Morgan fingerprint density at radius 3 is 2.81 bits per heavy atom. The van der Waals surface area contributed by atoms with Crippen molar-refractivity contribution in [3.63, 3.8) is 0 Å². The molecule has 1 aromatic heterocycles. The van der Waals surface area contributed by atoms with Crippen LogP contribution in [0.2, 0.25) is 0 Å². The SMILES string of the molecule is CC(=O)n1cc(C(O)C#N)c2ccccc21. The Morgan fingerprint density at radius 2 is 2.19 bits per heavy atom. The molecule has 0 aliphatic carbocycles. The van der Waals surface area contributed by atoms with Gasteiger partial charge in [-0.05, 0) is 6.07 Å². The number of hydrogen-bond acceptors (Lipinski definition) is 3. The number of carbonyl (C=O) groups is 1. The van der Waals surface area contributed by atoms with Gasteiger partial charge < -0.3 is 5.11 Å². The van der Waals surface area contributed by atoms with Gasteiger partial charge in [-0.2, -0.15) is 5.26 Å². The van der Waals surface area contributed by atoms with Gasteiger partial charge in [0.15, 0.2) is 6.10 Å². The summed E-state index contributed by atoms with van der Waals surface area (Å²) in [5.74, 6) is -0.146. The van der Waals surface area contributed by atoms with E-state index in [1.54, 1.807) is 24.3 Å². The highest BCUT2D eigenvalue weighted by atomic mass is 16.3. The van der Waals surface area contributed by atoms with E-state index in [-0.39, 0.29) is 5.91 Å². The van der Waals surface area contributed by atoms with Crippen LogP contribution in [0.1, 0.15) is 23.4 Å². The number of benzene rings is 1. The van der Waals surface area contributed by atoms with Gasteiger partial charge in [0.25, 0.3) is 0 Å². The fourth-order valence-electron chi connectivity index (χ4n) is 1.75. The van der Waals surface area contributed by atoms with Crippen molar-refractivity contribution in [1.82, 2.24) is 4.57 Å². The molecule has 0 fully saturated rings. The second-order valence-corrected chi connectivity index (χ2v) is 3.52.